The number of rotatable bonds is 6. The first kappa shape index (κ1) is 19.2. The fraction of sp³-hybridized carbons (Fsp3) is 0.438. The van der Waals surface area contributed by atoms with Crippen LogP contribution in [0.3, 0.4) is 0 Å². The van der Waals surface area contributed by atoms with Gasteiger partial charge in [-0.1, -0.05) is 12.1 Å². The SMILES string of the molecule is CC1(C)SC(C(C=O)NC(=O)C(N)c2ccc(O)cc2)NC1C(=O)O. The Morgan fingerprint density at radius 1 is 1.36 bits per heavy atom. The third-order valence-electron chi connectivity index (χ3n) is 4.02. The number of hydrogen-bond acceptors (Lipinski definition) is 7. The average Bonchev–Trinajstić information content (AvgIpc) is 2.87. The molecule has 4 unspecified atom stereocenters. The molecule has 1 aromatic carbocycles. The van der Waals surface area contributed by atoms with Gasteiger partial charge in [0.05, 0.1) is 5.37 Å². The summed E-state index contributed by atoms with van der Waals surface area (Å²) in [4.78, 5) is 35.1. The van der Waals surface area contributed by atoms with Crippen LogP contribution in [0.1, 0.15) is 25.5 Å². The van der Waals surface area contributed by atoms with Gasteiger partial charge in [-0.05, 0) is 31.5 Å². The van der Waals surface area contributed by atoms with Crippen LogP contribution in [-0.2, 0) is 14.4 Å². The van der Waals surface area contributed by atoms with Crippen molar-refractivity contribution in [2.45, 2.75) is 42.1 Å². The number of hydrogen-bond donors (Lipinski definition) is 5. The van der Waals surface area contributed by atoms with Gasteiger partial charge in [-0.3, -0.25) is 14.9 Å². The van der Waals surface area contributed by atoms with Crippen LogP contribution in [0.15, 0.2) is 24.3 Å². The quantitative estimate of drug-likeness (QED) is 0.441. The lowest BCUT2D eigenvalue weighted by molar-refractivity contribution is -0.140. The molecular weight excluding hydrogens is 346 g/mol. The Kier molecular flexibility index (Phi) is 5.71. The zero-order chi connectivity index (χ0) is 18.8. The number of benzene rings is 1. The zero-order valence-corrected chi connectivity index (χ0v) is 14.6. The third kappa shape index (κ3) is 4.30. The summed E-state index contributed by atoms with van der Waals surface area (Å²) in [5, 5.41) is 23.4. The number of nitrogens with one attached hydrogen (secondary N) is 2. The smallest absolute Gasteiger partial charge is 0.322 e. The van der Waals surface area contributed by atoms with E-state index in [0.29, 0.717) is 11.8 Å². The Hall–Kier alpha value is -2.10. The number of nitrogens with two attached hydrogens (primary N) is 1. The van der Waals surface area contributed by atoms with Gasteiger partial charge in [0.1, 0.15) is 30.2 Å². The number of phenolic OH excluding ortho intramolecular Hbond substituents is 1. The van der Waals surface area contributed by atoms with Crippen molar-refractivity contribution >= 4 is 29.9 Å². The maximum absolute atomic E-state index is 12.3. The largest absolute Gasteiger partial charge is 0.508 e. The number of phenols is 1. The lowest BCUT2D eigenvalue weighted by Crippen LogP contribution is -2.52. The number of amides is 1. The summed E-state index contributed by atoms with van der Waals surface area (Å²) in [5.74, 6) is -1.53. The minimum atomic E-state index is -1.02. The fourth-order valence-electron chi connectivity index (χ4n) is 2.61. The summed E-state index contributed by atoms with van der Waals surface area (Å²) in [7, 11) is 0. The van der Waals surface area contributed by atoms with Crippen molar-refractivity contribution in [2.75, 3.05) is 0 Å². The summed E-state index contributed by atoms with van der Waals surface area (Å²) in [6.45, 7) is 3.52. The van der Waals surface area contributed by atoms with Gasteiger partial charge in [0.2, 0.25) is 5.91 Å². The number of carboxylic acid groups (broad SMARTS) is 1. The Morgan fingerprint density at radius 2 is 1.96 bits per heavy atom. The van der Waals surface area contributed by atoms with Gasteiger partial charge in [0, 0.05) is 4.75 Å². The second kappa shape index (κ2) is 7.42. The molecule has 0 saturated carbocycles. The molecule has 1 aromatic rings. The van der Waals surface area contributed by atoms with E-state index in [1.165, 1.54) is 36.0 Å². The van der Waals surface area contributed by atoms with E-state index in [9.17, 15) is 24.6 Å². The Morgan fingerprint density at radius 3 is 2.44 bits per heavy atom. The molecule has 1 amide bonds. The highest BCUT2D eigenvalue weighted by Gasteiger charge is 2.47. The number of carbonyl (C=O) groups is 3. The number of aldehydes is 1. The van der Waals surface area contributed by atoms with Gasteiger partial charge in [0.25, 0.3) is 0 Å². The average molecular weight is 367 g/mol. The van der Waals surface area contributed by atoms with Crippen LogP contribution >= 0.6 is 11.8 Å². The number of carbonyl (C=O) groups excluding carboxylic acids is 2. The van der Waals surface area contributed by atoms with Gasteiger partial charge < -0.3 is 26.1 Å². The minimum absolute atomic E-state index is 0.0515. The first-order valence-electron chi connectivity index (χ1n) is 7.62. The van der Waals surface area contributed by atoms with Crippen LogP contribution in [0.2, 0.25) is 0 Å². The molecule has 1 aliphatic heterocycles. The first-order valence-corrected chi connectivity index (χ1v) is 8.50. The van der Waals surface area contributed by atoms with E-state index in [1.807, 2.05) is 0 Å². The molecule has 136 valence electrons. The molecule has 1 fully saturated rings. The van der Waals surface area contributed by atoms with E-state index >= 15 is 0 Å². The molecule has 1 heterocycles. The molecular formula is C16H21N3O5S. The molecule has 0 aliphatic carbocycles. The second-order valence-corrected chi connectivity index (χ2v) is 8.12. The van der Waals surface area contributed by atoms with Crippen LogP contribution in [-0.4, -0.2) is 50.6 Å². The Bertz CT molecular complexity index is 664. The molecule has 4 atom stereocenters. The standard InChI is InChI=1S/C16H21N3O5S/c1-16(2)12(15(23)24)19-14(25-16)10(7-20)18-13(22)11(17)8-3-5-9(21)6-4-8/h3-7,10-12,14,19,21H,17H2,1-2H3,(H,18,22)(H,23,24). The van der Waals surface area contributed by atoms with Gasteiger partial charge in [-0.15, -0.1) is 11.8 Å². The number of carboxylic acids is 1. The van der Waals surface area contributed by atoms with Crippen LogP contribution in [0.5, 0.6) is 5.75 Å². The van der Waals surface area contributed by atoms with Crippen LogP contribution in [0.4, 0.5) is 0 Å². The maximum Gasteiger partial charge on any atom is 0.322 e. The van der Waals surface area contributed by atoms with Crippen molar-refractivity contribution in [3.8, 4) is 5.75 Å². The van der Waals surface area contributed by atoms with Gasteiger partial charge in [0.15, 0.2) is 0 Å². The highest BCUT2D eigenvalue weighted by atomic mass is 32.2. The molecule has 0 radical (unpaired) electrons. The lowest BCUT2D eigenvalue weighted by Gasteiger charge is -2.22. The van der Waals surface area contributed by atoms with E-state index in [2.05, 4.69) is 10.6 Å². The van der Waals surface area contributed by atoms with E-state index in [1.54, 1.807) is 13.8 Å². The summed E-state index contributed by atoms with van der Waals surface area (Å²) in [6, 6.07) is 3.07. The van der Waals surface area contributed by atoms with E-state index in [0.717, 1.165) is 0 Å². The topological polar surface area (TPSA) is 142 Å². The van der Waals surface area contributed by atoms with Gasteiger partial charge in [-0.25, -0.2) is 0 Å². The zero-order valence-electron chi connectivity index (χ0n) is 13.8. The maximum atomic E-state index is 12.3. The van der Waals surface area contributed by atoms with Crippen LogP contribution in [0.25, 0.3) is 0 Å². The Balaban J connectivity index is 2.06. The summed E-state index contributed by atoms with van der Waals surface area (Å²) < 4.78 is -0.637. The fourth-order valence-corrected chi connectivity index (χ4v) is 4.05. The van der Waals surface area contributed by atoms with Crippen molar-refractivity contribution < 1.29 is 24.6 Å². The monoisotopic (exact) mass is 367 g/mol. The lowest BCUT2D eigenvalue weighted by atomic mass is 10.0. The highest BCUT2D eigenvalue weighted by Crippen LogP contribution is 2.39. The Labute approximate surface area is 149 Å². The molecule has 0 spiro atoms. The van der Waals surface area contributed by atoms with Crippen LogP contribution in [0, 0.1) is 0 Å². The molecule has 0 aromatic heterocycles. The van der Waals surface area contributed by atoms with Crippen molar-refractivity contribution in [1.82, 2.24) is 10.6 Å². The third-order valence-corrected chi connectivity index (χ3v) is 5.55. The van der Waals surface area contributed by atoms with Crippen molar-refractivity contribution in [2.24, 2.45) is 5.73 Å². The molecule has 0 bridgehead atoms. The van der Waals surface area contributed by atoms with Gasteiger partial charge in [-0.2, -0.15) is 0 Å². The molecule has 6 N–H and O–H groups in total. The van der Waals surface area contributed by atoms with E-state index in [4.69, 9.17) is 5.73 Å². The first-order chi connectivity index (χ1) is 11.7. The van der Waals surface area contributed by atoms with E-state index in [-0.39, 0.29) is 5.75 Å². The molecule has 25 heavy (non-hydrogen) atoms. The summed E-state index contributed by atoms with van der Waals surface area (Å²) >= 11 is 1.28. The molecule has 1 aliphatic rings. The minimum Gasteiger partial charge on any atom is -0.508 e. The number of aromatic hydroxyl groups is 1. The second-order valence-electron chi connectivity index (χ2n) is 6.32. The van der Waals surface area contributed by atoms with Crippen molar-refractivity contribution in [3.63, 3.8) is 0 Å². The van der Waals surface area contributed by atoms with Gasteiger partial charge >= 0.3 is 5.97 Å². The molecule has 2 rings (SSSR count). The number of thioether (sulfide) groups is 1. The predicted octanol–water partition coefficient (Wildman–Crippen LogP) is -0.0300. The normalized spacial score (nSPS) is 24.3. The van der Waals surface area contributed by atoms with Crippen molar-refractivity contribution in [1.29, 1.82) is 0 Å². The van der Waals surface area contributed by atoms with Crippen LogP contribution < -0.4 is 16.4 Å². The molecule has 9 heteroatoms. The molecule has 1 saturated heterocycles. The van der Waals surface area contributed by atoms with E-state index < -0.39 is 40.1 Å². The number of aliphatic carboxylic acids is 1. The molecule has 8 nitrogen and oxygen atoms in total. The highest BCUT2D eigenvalue weighted by molar-refractivity contribution is 8.01. The predicted molar refractivity (Wildman–Crippen MR) is 93.0 cm³/mol. The summed E-state index contributed by atoms with van der Waals surface area (Å²) in [5.41, 5.74) is 6.37. The van der Waals surface area contributed by atoms with Crippen molar-refractivity contribution in [3.05, 3.63) is 29.8 Å². The summed E-state index contributed by atoms with van der Waals surface area (Å²) in [6.07, 6.45) is 0.562.